The first-order valence-electron chi connectivity index (χ1n) is 7.20. The van der Waals surface area contributed by atoms with Crippen LogP contribution in [-0.4, -0.2) is 57.0 Å². The first-order valence-corrected chi connectivity index (χ1v) is 7.99. The minimum Gasteiger partial charge on any atom is -0.490 e. The smallest absolute Gasteiger partial charge is 0.175 e. The molecule has 1 aliphatic rings. The molecule has 1 heterocycles. The lowest BCUT2D eigenvalue weighted by Gasteiger charge is -2.20. The van der Waals surface area contributed by atoms with E-state index in [1.54, 1.807) is 0 Å². The fraction of sp³-hybridized carbons (Fsp3) is 0.600. The summed E-state index contributed by atoms with van der Waals surface area (Å²) in [4.78, 5) is 2.10. The third-order valence-electron chi connectivity index (χ3n) is 3.36. The van der Waals surface area contributed by atoms with Crippen molar-refractivity contribution in [3.8, 4) is 11.5 Å². The molecule has 0 saturated carbocycles. The number of hydrogen-bond donors (Lipinski definition) is 2. The Morgan fingerprint density at radius 2 is 2.10 bits per heavy atom. The Morgan fingerprint density at radius 3 is 2.81 bits per heavy atom. The Hall–Kier alpha value is -0.820. The van der Waals surface area contributed by atoms with E-state index in [0.717, 1.165) is 41.0 Å². The summed E-state index contributed by atoms with van der Waals surface area (Å²) in [5.41, 5.74) is 0.993. The van der Waals surface area contributed by atoms with Crippen molar-refractivity contribution in [2.75, 3.05) is 47.0 Å². The highest BCUT2D eigenvalue weighted by molar-refractivity contribution is 9.10. The largest absolute Gasteiger partial charge is 0.490 e. The molecule has 0 bridgehead atoms. The van der Waals surface area contributed by atoms with Gasteiger partial charge >= 0.3 is 0 Å². The second-order valence-corrected chi connectivity index (χ2v) is 6.23. The number of halogens is 1. The second kappa shape index (κ2) is 7.98. The van der Waals surface area contributed by atoms with Crippen molar-refractivity contribution in [1.29, 1.82) is 0 Å². The summed E-state index contributed by atoms with van der Waals surface area (Å²) in [7, 11) is 4.06. The Labute approximate surface area is 134 Å². The number of rotatable bonds is 6. The van der Waals surface area contributed by atoms with Crippen LogP contribution in [0.1, 0.15) is 18.0 Å². The number of likely N-dealkylation sites (N-methyl/N-ethyl adjacent to an activating group) is 1. The molecule has 0 aliphatic carbocycles. The lowest BCUT2D eigenvalue weighted by molar-refractivity contribution is 0.239. The molecule has 118 valence electrons. The summed E-state index contributed by atoms with van der Waals surface area (Å²) >= 11 is 3.53. The Bertz CT molecular complexity index is 468. The van der Waals surface area contributed by atoms with Crippen molar-refractivity contribution < 1.29 is 14.6 Å². The SMILES string of the molecule is CN(C)CCNC(CO)c1cc(Br)c2c(c1)OCCCO2. The Balaban J connectivity index is 2.14. The third-order valence-corrected chi connectivity index (χ3v) is 3.95. The van der Waals surface area contributed by atoms with Gasteiger partial charge in [-0.1, -0.05) is 0 Å². The van der Waals surface area contributed by atoms with Crippen LogP contribution in [-0.2, 0) is 0 Å². The molecule has 1 atom stereocenters. The topological polar surface area (TPSA) is 54.0 Å². The van der Waals surface area contributed by atoms with Gasteiger partial charge in [0.2, 0.25) is 0 Å². The lowest BCUT2D eigenvalue weighted by atomic mass is 10.1. The standard InChI is InChI=1S/C15H23BrN2O3/c1-18(2)5-4-17-13(10-19)11-8-12(16)15-14(9-11)20-6-3-7-21-15/h8-9,13,17,19H,3-7,10H2,1-2H3. The van der Waals surface area contributed by atoms with Crippen molar-refractivity contribution in [2.45, 2.75) is 12.5 Å². The molecule has 0 radical (unpaired) electrons. The van der Waals surface area contributed by atoms with Gasteiger partial charge in [0.05, 0.1) is 30.3 Å². The number of aliphatic hydroxyl groups is 1. The molecule has 21 heavy (non-hydrogen) atoms. The molecule has 0 saturated heterocycles. The van der Waals surface area contributed by atoms with Gasteiger partial charge in [0.1, 0.15) is 0 Å². The summed E-state index contributed by atoms with van der Waals surface area (Å²) in [6.07, 6.45) is 0.876. The van der Waals surface area contributed by atoms with Gasteiger partial charge in [-0.3, -0.25) is 0 Å². The monoisotopic (exact) mass is 358 g/mol. The zero-order valence-corrected chi connectivity index (χ0v) is 14.1. The zero-order valence-electron chi connectivity index (χ0n) is 12.6. The Morgan fingerprint density at radius 1 is 1.33 bits per heavy atom. The van der Waals surface area contributed by atoms with Gasteiger partial charge in [0, 0.05) is 19.5 Å². The summed E-state index contributed by atoms with van der Waals surface area (Å²) in [6, 6.07) is 3.82. The summed E-state index contributed by atoms with van der Waals surface area (Å²) < 4.78 is 12.3. The maximum Gasteiger partial charge on any atom is 0.175 e. The molecule has 0 spiro atoms. The van der Waals surface area contributed by atoms with E-state index in [2.05, 4.69) is 26.1 Å². The maximum atomic E-state index is 9.63. The molecular formula is C15H23BrN2O3. The molecule has 0 amide bonds. The molecule has 1 aromatic carbocycles. The van der Waals surface area contributed by atoms with Crippen molar-refractivity contribution >= 4 is 15.9 Å². The predicted molar refractivity (Wildman–Crippen MR) is 86.1 cm³/mol. The van der Waals surface area contributed by atoms with E-state index in [9.17, 15) is 5.11 Å². The summed E-state index contributed by atoms with van der Waals surface area (Å²) in [5, 5.41) is 13.0. The Kier molecular flexibility index (Phi) is 6.29. The summed E-state index contributed by atoms with van der Waals surface area (Å²) in [6.45, 7) is 3.09. The molecule has 2 N–H and O–H groups in total. The quantitative estimate of drug-likeness (QED) is 0.811. The van der Waals surface area contributed by atoms with Crippen molar-refractivity contribution in [1.82, 2.24) is 10.2 Å². The molecule has 1 unspecified atom stereocenters. The summed E-state index contributed by atoms with van der Waals surface area (Å²) in [5.74, 6) is 1.49. The fourth-order valence-electron chi connectivity index (χ4n) is 2.20. The second-order valence-electron chi connectivity index (χ2n) is 5.37. The number of ether oxygens (including phenoxy) is 2. The van der Waals surface area contributed by atoms with Gasteiger partial charge < -0.3 is 24.8 Å². The fourth-order valence-corrected chi connectivity index (χ4v) is 2.78. The molecule has 2 rings (SSSR count). The van der Waals surface area contributed by atoms with E-state index >= 15 is 0 Å². The predicted octanol–water partition coefficient (Wildman–Crippen LogP) is 1.79. The average Bonchev–Trinajstić information content (AvgIpc) is 2.69. The van der Waals surface area contributed by atoms with Crippen LogP contribution >= 0.6 is 15.9 Å². The van der Waals surface area contributed by atoms with Crippen LogP contribution in [0.4, 0.5) is 0 Å². The minimum atomic E-state index is -0.113. The maximum absolute atomic E-state index is 9.63. The van der Waals surface area contributed by atoms with E-state index in [0.29, 0.717) is 13.2 Å². The molecular weight excluding hydrogens is 336 g/mol. The van der Waals surface area contributed by atoms with E-state index in [4.69, 9.17) is 9.47 Å². The highest BCUT2D eigenvalue weighted by Gasteiger charge is 2.19. The van der Waals surface area contributed by atoms with Gasteiger partial charge in [0.15, 0.2) is 11.5 Å². The number of fused-ring (bicyclic) bond motifs is 1. The van der Waals surface area contributed by atoms with Crippen molar-refractivity contribution in [3.63, 3.8) is 0 Å². The molecule has 1 aromatic rings. The number of benzene rings is 1. The van der Waals surface area contributed by atoms with Crippen LogP contribution in [0, 0.1) is 0 Å². The van der Waals surface area contributed by atoms with Gasteiger partial charge in [-0.15, -0.1) is 0 Å². The molecule has 0 aromatic heterocycles. The number of nitrogens with zero attached hydrogens (tertiary/aromatic N) is 1. The average molecular weight is 359 g/mol. The lowest BCUT2D eigenvalue weighted by Crippen LogP contribution is -2.31. The highest BCUT2D eigenvalue weighted by Crippen LogP contribution is 2.39. The van der Waals surface area contributed by atoms with Gasteiger partial charge in [-0.25, -0.2) is 0 Å². The third kappa shape index (κ3) is 4.57. The number of nitrogens with one attached hydrogen (secondary N) is 1. The van der Waals surface area contributed by atoms with Crippen LogP contribution < -0.4 is 14.8 Å². The number of hydrogen-bond acceptors (Lipinski definition) is 5. The molecule has 1 aliphatic heterocycles. The molecule has 6 heteroatoms. The van der Waals surface area contributed by atoms with Gasteiger partial charge in [-0.05, 0) is 47.7 Å². The van der Waals surface area contributed by atoms with Crippen molar-refractivity contribution in [2.24, 2.45) is 0 Å². The van der Waals surface area contributed by atoms with Gasteiger partial charge in [-0.2, -0.15) is 0 Å². The first kappa shape index (κ1) is 16.5. The van der Waals surface area contributed by atoms with E-state index in [1.165, 1.54) is 0 Å². The number of aliphatic hydroxyl groups excluding tert-OH is 1. The van der Waals surface area contributed by atoms with Crippen LogP contribution in [0.2, 0.25) is 0 Å². The van der Waals surface area contributed by atoms with E-state index < -0.39 is 0 Å². The van der Waals surface area contributed by atoms with E-state index in [-0.39, 0.29) is 12.6 Å². The van der Waals surface area contributed by atoms with Crippen LogP contribution in [0.3, 0.4) is 0 Å². The molecule has 5 nitrogen and oxygen atoms in total. The minimum absolute atomic E-state index is 0.0412. The zero-order chi connectivity index (χ0) is 15.2. The van der Waals surface area contributed by atoms with Crippen LogP contribution in [0.5, 0.6) is 11.5 Å². The van der Waals surface area contributed by atoms with Crippen LogP contribution in [0.25, 0.3) is 0 Å². The van der Waals surface area contributed by atoms with E-state index in [1.807, 2.05) is 26.2 Å². The van der Waals surface area contributed by atoms with Gasteiger partial charge in [0.25, 0.3) is 0 Å². The normalized spacial score (nSPS) is 15.9. The van der Waals surface area contributed by atoms with Crippen molar-refractivity contribution in [3.05, 3.63) is 22.2 Å². The first-order chi connectivity index (χ1) is 10.1. The van der Waals surface area contributed by atoms with Crippen LogP contribution in [0.15, 0.2) is 16.6 Å². The molecule has 0 fully saturated rings. The highest BCUT2D eigenvalue weighted by atomic mass is 79.9.